The fraction of sp³-hybridized carbons (Fsp3) is 0.769. The summed E-state index contributed by atoms with van der Waals surface area (Å²) in [5, 5.41) is 0. The van der Waals surface area contributed by atoms with Crippen molar-refractivity contribution in [2.24, 2.45) is 0 Å². The van der Waals surface area contributed by atoms with Crippen molar-refractivity contribution in [3.05, 3.63) is 18.2 Å². The number of rotatable bonds is 2. The first-order valence-electron chi connectivity index (χ1n) is 6.58. The van der Waals surface area contributed by atoms with Gasteiger partial charge in [0.25, 0.3) is 0 Å². The van der Waals surface area contributed by atoms with E-state index in [1.807, 2.05) is 12.5 Å². The van der Waals surface area contributed by atoms with Gasteiger partial charge in [-0.05, 0) is 32.7 Å². The summed E-state index contributed by atoms with van der Waals surface area (Å²) in [6, 6.07) is 2.13. The number of piperidine rings is 2. The number of hydrogen-bond acceptors (Lipinski definition) is 2. The van der Waals surface area contributed by atoms with Gasteiger partial charge in [-0.2, -0.15) is 0 Å². The highest BCUT2D eigenvalue weighted by Crippen LogP contribution is 2.38. The molecular weight excluding hydrogens is 234 g/mol. The van der Waals surface area contributed by atoms with Crippen LogP contribution < -0.4 is 0 Å². The number of nitrogens with zero attached hydrogens (tertiary/aromatic N) is 3. The minimum Gasteiger partial charge on any atom is -0.330 e. The van der Waals surface area contributed by atoms with Crippen LogP contribution in [0.1, 0.15) is 43.8 Å². The lowest BCUT2D eigenvalue weighted by Crippen LogP contribution is -2.50. The molecular formula is C13H20ClN3. The van der Waals surface area contributed by atoms with Gasteiger partial charge >= 0.3 is 0 Å². The van der Waals surface area contributed by atoms with Crippen LogP contribution in [-0.2, 0) is 5.88 Å². The van der Waals surface area contributed by atoms with E-state index in [1.54, 1.807) is 0 Å². The molecule has 1 aromatic heterocycles. The van der Waals surface area contributed by atoms with Crippen LogP contribution in [0, 0.1) is 0 Å². The second kappa shape index (κ2) is 4.62. The van der Waals surface area contributed by atoms with Crippen LogP contribution in [0.25, 0.3) is 0 Å². The number of fused-ring (bicyclic) bond motifs is 2. The van der Waals surface area contributed by atoms with E-state index in [9.17, 15) is 0 Å². The molecule has 2 bridgehead atoms. The van der Waals surface area contributed by atoms with Crippen molar-refractivity contribution in [3.63, 3.8) is 0 Å². The van der Waals surface area contributed by atoms with Crippen LogP contribution in [0.4, 0.5) is 0 Å². The van der Waals surface area contributed by atoms with E-state index in [0.29, 0.717) is 11.9 Å². The molecule has 2 unspecified atom stereocenters. The van der Waals surface area contributed by atoms with Crippen LogP contribution in [0.15, 0.2) is 12.5 Å². The average molecular weight is 254 g/mol. The molecule has 0 radical (unpaired) electrons. The molecule has 2 aliphatic rings. The van der Waals surface area contributed by atoms with Gasteiger partial charge in [0, 0.05) is 24.3 Å². The minimum absolute atomic E-state index is 0.571. The third kappa shape index (κ3) is 2.00. The molecule has 3 nitrogen and oxygen atoms in total. The third-order valence-corrected chi connectivity index (χ3v) is 4.87. The Morgan fingerprint density at radius 3 is 2.65 bits per heavy atom. The van der Waals surface area contributed by atoms with Gasteiger partial charge in [-0.1, -0.05) is 6.42 Å². The summed E-state index contributed by atoms with van der Waals surface area (Å²) in [6.45, 7) is 0. The molecule has 0 N–H and O–H groups in total. The van der Waals surface area contributed by atoms with Crippen molar-refractivity contribution in [1.82, 2.24) is 14.5 Å². The standard InChI is InChI=1S/C13H20ClN3/c1-16-10-3-2-4-11(16)6-12(5-10)17-9-15-8-13(17)7-14/h8-12H,2-7H2,1H3. The highest BCUT2D eigenvalue weighted by Gasteiger charge is 2.36. The summed E-state index contributed by atoms with van der Waals surface area (Å²) < 4.78 is 2.31. The van der Waals surface area contributed by atoms with Crippen molar-refractivity contribution < 1.29 is 0 Å². The molecule has 0 spiro atoms. The van der Waals surface area contributed by atoms with E-state index in [1.165, 1.54) is 37.8 Å². The summed E-state index contributed by atoms with van der Waals surface area (Å²) >= 11 is 5.97. The molecule has 3 heterocycles. The lowest BCUT2D eigenvalue weighted by atomic mass is 9.82. The molecule has 0 amide bonds. The van der Waals surface area contributed by atoms with Gasteiger partial charge in [0.05, 0.1) is 17.9 Å². The molecule has 0 saturated carbocycles. The Morgan fingerprint density at radius 1 is 1.29 bits per heavy atom. The van der Waals surface area contributed by atoms with Crippen molar-refractivity contribution in [2.45, 2.75) is 56.1 Å². The van der Waals surface area contributed by atoms with Crippen molar-refractivity contribution in [2.75, 3.05) is 7.05 Å². The van der Waals surface area contributed by atoms with E-state index >= 15 is 0 Å². The second-order valence-electron chi connectivity index (χ2n) is 5.46. The first-order chi connectivity index (χ1) is 8.29. The first-order valence-corrected chi connectivity index (χ1v) is 7.11. The maximum absolute atomic E-state index is 5.97. The maximum Gasteiger partial charge on any atom is 0.0951 e. The molecule has 2 saturated heterocycles. The number of hydrogen-bond donors (Lipinski definition) is 0. The largest absolute Gasteiger partial charge is 0.330 e. The monoisotopic (exact) mass is 253 g/mol. The summed E-state index contributed by atoms with van der Waals surface area (Å²) in [5.41, 5.74) is 1.17. The molecule has 1 aromatic rings. The zero-order valence-corrected chi connectivity index (χ0v) is 11.1. The summed E-state index contributed by atoms with van der Waals surface area (Å²) in [5.74, 6) is 0.571. The predicted octanol–water partition coefficient (Wildman–Crippen LogP) is 2.81. The van der Waals surface area contributed by atoms with Crippen LogP contribution in [0.3, 0.4) is 0 Å². The number of aromatic nitrogens is 2. The highest BCUT2D eigenvalue weighted by molar-refractivity contribution is 6.16. The number of imidazole rings is 1. The average Bonchev–Trinajstić information content (AvgIpc) is 2.76. The van der Waals surface area contributed by atoms with E-state index in [-0.39, 0.29) is 0 Å². The van der Waals surface area contributed by atoms with Gasteiger partial charge in [-0.25, -0.2) is 4.98 Å². The van der Waals surface area contributed by atoms with Gasteiger partial charge in [0.2, 0.25) is 0 Å². The SMILES string of the molecule is CN1C2CCCC1CC(n1cncc1CCl)C2. The zero-order chi connectivity index (χ0) is 11.8. The highest BCUT2D eigenvalue weighted by atomic mass is 35.5. The molecule has 2 atom stereocenters. The normalized spacial score (nSPS) is 33.9. The Morgan fingerprint density at radius 2 is 2.00 bits per heavy atom. The maximum atomic E-state index is 5.97. The summed E-state index contributed by atoms with van der Waals surface area (Å²) in [7, 11) is 2.29. The van der Waals surface area contributed by atoms with Crippen LogP contribution in [-0.4, -0.2) is 33.6 Å². The molecule has 94 valence electrons. The van der Waals surface area contributed by atoms with Crippen molar-refractivity contribution in [3.8, 4) is 0 Å². The Bertz CT molecular complexity index is 376. The zero-order valence-electron chi connectivity index (χ0n) is 10.3. The van der Waals surface area contributed by atoms with Crippen molar-refractivity contribution >= 4 is 11.6 Å². The second-order valence-corrected chi connectivity index (χ2v) is 5.72. The first kappa shape index (κ1) is 11.5. The van der Waals surface area contributed by atoms with Crippen LogP contribution in [0.5, 0.6) is 0 Å². The fourth-order valence-corrected chi connectivity index (χ4v) is 3.79. The topological polar surface area (TPSA) is 21.1 Å². The molecule has 0 aromatic carbocycles. The Balaban J connectivity index is 1.82. The quantitative estimate of drug-likeness (QED) is 0.756. The number of alkyl halides is 1. The molecule has 2 aliphatic heterocycles. The van der Waals surface area contributed by atoms with Gasteiger partial charge in [0.1, 0.15) is 0 Å². The third-order valence-electron chi connectivity index (χ3n) is 4.59. The van der Waals surface area contributed by atoms with Gasteiger partial charge in [0.15, 0.2) is 0 Å². The lowest BCUT2D eigenvalue weighted by Gasteiger charge is -2.47. The van der Waals surface area contributed by atoms with E-state index < -0.39 is 0 Å². The van der Waals surface area contributed by atoms with Crippen molar-refractivity contribution in [1.29, 1.82) is 0 Å². The summed E-state index contributed by atoms with van der Waals surface area (Å²) in [4.78, 5) is 6.84. The molecule has 4 heteroatoms. The van der Waals surface area contributed by atoms with Gasteiger partial charge < -0.3 is 9.47 Å². The van der Waals surface area contributed by atoms with Crippen LogP contribution >= 0.6 is 11.6 Å². The molecule has 0 aliphatic carbocycles. The number of halogens is 1. The van der Waals surface area contributed by atoms with E-state index in [2.05, 4.69) is 21.5 Å². The minimum atomic E-state index is 0.571. The Kier molecular flexibility index (Phi) is 3.14. The van der Waals surface area contributed by atoms with Crippen LogP contribution in [0.2, 0.25) is 0 Å². The van der Waals surface area contributed by atoms with E-state index in [0.717, 1.165) is 12.1 Å². The lowest BCUT2D eigenvalue weighted by molar-refractivity contribution is 0.0395. The Hall–Kier alpha value is -0.540. The smallest absolute Gasteiger partial charge is 0.0951 e. The molecule has 17 heavy (non-hydrogen) atoms. The molecule has 3 rings (SSSR count). The fourth-order valence-electron chi connectivity index (χ4n) is 3.58. The predicted molar refractivity (Wildman–Crippen MR) is 69.2 cm³/mol. The summed E-state index contributed by atoms with van der Waals surface area (Å²) in [6.07, 6.45) is 10.5. The van der Waals surface area contributed by atoms with E-state index in [4.69, 9.17) is 11.6 Å². The van der Waals surface area contributed by atoms with Gasteiger partial charge in [-0.15, -0.1) is 11.6 Å². The Labute approximate surface area is 108 Å². The van der Waals surface area contributed by atoms with Gasteiger partial charge in [-0.3, -0.25) is 0 Å². The molecule has 2 fully saturated rings.